The Labute approximate surface area is 143 Å². The Morgan fingerprint density at radius 3 is 2.40 bits per heavy atom. The van der Waals surface area contributed by atoms with Crippen molar-refractivity contribution in [1.29, 1.82) is 0 Å². The number of carboxylic acids is 1. The minimum absolute atomic E-state index is 0.0889. The van der Waals surface area contributed by atoms with E-state index < -0.39 is 18.8 Å². The normalized spacial score (nSPS) is 20.8. The molecule has 2 N–H and O–H groups in total. The number of rotatable bonds is 6. The van der Waals surface area contributed by atoms with Gasteiger partial charge in [0.25, 0.3) is 0 Å². The van der Waals surface area contributed by atoms with Crippen LogP contribution in [0.2, 0.25) is 0 Å². The van der Waals surface area contributed by atoms with Gasteiger partial charge in [-0.05, 0) is 43.4 Å². The molecule has 2 rings (SSSR count). The molecular weight excluding hydrogens is 339 g/mol. The molecule has 0 spiro atoms. The molecule has 0 unspecified atom stereocenters. The van der Waals surface area contributed by atoms with Crippen molar-refractivity contribution in [2.45, 2.75) is 38.4 Å². The molecule has 5 nitrogen and oxygen atoms in total. The second-order valence-corrected chi connectivity index (χ2v) is 6.16. The van der Waals surface area contributed by atoms with E-state index in [9.17, 15) is 22.8 Å². The van der Waals surface area contributed by atoms with Crippen LogP contribution in [0.25, 0.3) is 0 Å². The molecular formula is C17H20F3NO4. The maximum absolute atomic E-state index is 12.2. The molecule has 0 bridgehead atoms. The highest BCUT2D eigenvalue weighted by atomic mass is 19.4. The molecule has 138 valence electrons. The highest BCUT2D eigenvalue weighted by molar-refractivity contribution is 5.79. The molecule has 0 aliphatic heterocycles. The van der Waals surface area contributed by atoms with E-state index in [4.69, 9.17) is 5.11 Å². The van der Waals surface area contributed by atoms with Gasteiger partial charge in [-0.2, -0.15) is 13.2 Å². The first-order valence-corrected chi connectivity index (χ1v) is 8.03. The summed E-state index contributed by atoms with van der Waals surface area (Å²) in [5.74, 6) is -1.50. The Balaban J connectivity index is 1.81. The van der Waals surface area contributed by atoms with Crippen LogP contribution >= 0.6 is 0 Å². The van der Waals surface area contributed by atoms with Gasteiger partial charge in [0.1, 0.15) is 5.75 Å². The predicted molar refractivity (Wildman–Crippen MR) is 82.9 cm³/mol. The van der Waals surface area contributed by atoms with Gasteiger partial charge < -0.3 is 15.2 Å². The summed E-state index contributed by atoms with van der Waals surface area (Å²) in [6.45, 7) is -1.18. The van der Waals surface area contributed by atoms with E-state index in [1.54, 1.807) is 12.1 Å². The number of halogens is 3. The lowest BCUT2D eigenvalue weighted by Gasteiger charge is -2.25. The molecule has 0 atom stereocenters. The second-order valence-electron chi connectivity index (χ2n) is 6.16. The largest absolute Gasteiger partial charge is 0.484 e. The third kappa shape index (κ3) is 6.28. The summed E-state index contributed by atoms with van der Waals surface area (Å²) in [5, 5.41) is 11.7. The molecule has 0 radical (unpaired) electrons. The fourth-order valence-corrected chi connectivity index (χ4v) is 2.85. The van der Waals surface area contributed by atoms with Gasteiger partial charge in [-0.25, -0.2) is 0 Å². The predicted octanol–water partition coefficient (Wildman–Crippen LogP) is 3.13. The minimum Gasteiger partial charge on any atom is -0.484 e. The summed E-state index contributed by atoms with van der Waals surface area (Å²) in [5.41, 5.74) is 0.632. The highest BCUT2D eigenvalue weighted by Gasteiger charge is 2.30. The number of hydrogen-bond donors (Lipinski definition) is 2. The smallest absolute Gasteiger partial charge is 0.422 e. The highest BCUT2D eigenvalue weighted by Crippen LogP contribution is 2.29. The van der Waals surface area contributed by atoms with Gasteiger partial charge in [-0.15, -0.1) is 0 Å². The van der Waals surface area contributed by atoms with Gasteiger partial charge in [0.15, 0.2) is 6.61 Å². The number of benzene rings is 1. The van der Waals surface area contributed by atoms with E-state index in [0.29, 0.717) is 31.2 Å². The van der Waals surface area contributed by atoms with Crippen molar-refractivity contribution in [1.82, 2.24) is 5.32 Å². The third-order valence-corrected chi connectivity index (χ3v) is 4.21. The fourth-order valence-electron chi connectivity index (χ4n) is 2.85. The van der Waals surface area contributed by atoms with Gasteiger partial charge >= 0.3 is 12.1 Å². The van der Waals surface area contributed by atoms with Crippen LogP contribution in [0.5, 0.6) is 5.75 Å². The van der Waals surface area contributed by atoms with Crippen LogP contribution in [-0.4, -0.2) is 29.8 Å². The van der Waals surface area contributed by atoms with Crippen molar-refractivity contribution in [3.05, 3.63) is 29.8 Å². The standard InChI is InChI=1S/C17H20F3NO4/c18-17(19,20)10-25-14-3-1-2-11(8-14)9-21-15(22)12-4-6-13(7-5-12)16(23)24/h1-3,8,12-13H,4-7,9-10H2,(H,21,22)(H,23,24). The molecule has 8 heteroatoms. The van der Waals surface area contributed by atoms with Crippen molar-refractivity contribution in [2.24, 2.45) is 11.8 Å². The zero-order valence-corrected chi connectivity index (χ0v) is 13.5. The number of carboxylic acid groups (broad SMARTS) is 1. The van der Waals surface area contributed by atoms with E-state index in [1.165, 1.54) is 12.1 Å². The van der Waals surface area contributed by atoms with Crippen LogP contribution in [0.3, 0.4) is 0 Å². The Kier molecular flexibility index (Phi) is 6.27. The number of ether oxygens (including phenoxy) is 1. The Morgan fingerprint density at radius 1 is 1.16 bits per heavy atom. The summed E-state index contributed by atoms with van der Waals surface area (Å²) in [7, 11) is 0. The van der Waals surface area contributed by atoms with Crippen LogP contribution < -0.4 is 10.1 Å². The molecule has 1 amide bonds. The quantitative estimate of drug-likeness (QED) is 0.818. The summed E-state index contributed by atoms with van der Waals surface area (Å²) in [6.07, 6.45) is -2.39. The number of nitrogens with one attached hydrogen (secondary N) is 1. The van der Waals surface area contributed by atoms with Crippen molar-refractivity contribution in [2.75, 3.05) is 6.61 Å². The topological polar surface area (TPSA) is 75.6 Å². The van der Waals surface area contributed by atoms with Crippen LogP contribution in [0.15, 0.2) is 24.3 Å². The maximum Gasteiger partial charge on any atom is 0.422 e. The fraction of sp³-hybridized carbons (Fsp3) is 0.529. The molecule has 1 saturated carbocycles. The number of carbonyl (C=O) groups is 2. The number of alkyl halides is 3. The van der Waals surface area contributed by atoms with Crippen molar-refractivity contribution < 1.29 is 32.6 Å². The van der Waals surface area contributed by atoms with Crippen molar-refractivity contribution in [3.63, 3.8) is 0 Å². The van der Waals surface area contributed by atoms with Crippen LogP contribution in [0.4, 0.5) is 13.2 Å². The van der Waals surface area contributed by atoms with Gasteiger partial charge in [-0.3, -0.25) is 9.59 Å². The summed E-state index contributed by atoms with van der Waals surface area (Å²) in [6, 6.07) is 6.12. The lowest BCUT2D eigenvalue weighted by atomic mass is 9.81. The van der Waals surface area contributed by atoms with E-state index >= 15 is 0 Å². The molecule has 25 heavy (non-hydrogen) atoms. The maximum atomic E-state index is 12.2. The number of carbonyl (C=O) groups excluding carboxylic acids is 1. The molecule has 0 saturated heterocycles. The average molecular weight is 359 g/mol. The molecule has 1 aromatic carbocycles. The Hall–Kier alpha value is -2.25. The molecule has 1 aliphatic rings. The Bertz CT molecular complexity index is 610. The summed E-state index contributed by atoms with van der Waals surface area (Å²) < 4.78 is 41.2. The molecule has 1 aromatic rings. The van der Waals surface area contributed by atoms with Crippen LogP contribution in [0.1, 0.15) is 31.2 Å². The molecule has 0 heterocycles. The number of amides is 1. The lowest BCUT2D eigenvalue weighted by molar-refractivity contribution is -0.153. The summed E-state index contributed by atoms with van der Waals surface area (Å²) >= 11 is 0. The molecule has 0 aromatic heterocycles. The van der Waals surface area contributed by atoms with Crippen LogP contribution in [0, 0.1) is 11.8 Å². The zero-order valence-electron chi connectivity index (χ0n) is 13.5. The van der Waals surface area contributed by atoms with Gasteiger partial charge in [0.2, 0.25) is 5.91 Å². The molecule has 1 fully saturated rings. The minimum atomic E-state index is -4.40. The zero-order chi connectivity index (χ0) is 18.4. The van der Waals surface area contributed by atoms with Gasteiger partial charge in [0, 0.05) is 12.5 Å². The van der Waals surface area contributed by atoms with E-state index in [2.05, 4.69) is 10.1 Å². The van der Waals surface area contributed by atoms with E-state index in [1.807, 2.05) is 0 Å². The van der Waals surface area contributed by atoms with Crippen molar-refractivity contribution >= 4 is 11.9 Å². The summed E-state index contributed by atoms with van der Waals surface area (Å²) in [4.78, 5) is 23.1. The first-order chi connectivity index (χ1) is 11.7. The van der Waals surface area contributed by atoms with Gasteiger partial charge in [-0.1, -0.05) is 12.1 Å². The lowest BCUT2D eigenvalue weighted by Crippen LogP contribution is -2.34. The number of aliphatic carboxylic acids is 1. The molecule has 1 aliphatic carbocycles. The van der Waals surface area contributed by atoms with E-state index in [-0.39, 0.29) is 30.0 Å². The first kappa shape index (κ1) is 19.1. The number of hydrogen-bond acceptors (Lipinski definition) is 3. The van der Waals surface area contributed by atoms with Crippen LogP contribution in [-0.2, 0) is 16.1 Å². The van der Waals surface area contributed by atoms with Gasteiger partial charge in [0.05, 0.1) is 5.92 Å². The first-order valence-electron chi connectivity index (χ1n) is 8.03. The second kappa shape index (κ2) is 8.22. The average Bonchev–Trinajstić information content (AvgIpc) is 2.58. The SMILES string of the molecule is O=C(O)C1CCC(C(=O)NCc2cccc(OCC(F)(F)F)c2)CC1. The van der Waals surface area contributed by atoms with Crippen molar-refractivity contribution in [3.8, 4) is 5.75 Å². The Morgan fingerprint density at radius 2 is 1.80 bits per heavy atom. The monoisotopic (exact) mass is 359 g/mol. The van der Waals surface area contributed by atoms with E-state index in [0.717, 1.165) is 0 Å². The third-order valence-electron chi connectivity index (χ3n) is 4.21.